The normalized spacial score (nSPS) is 10.9. The van der Waals surface area contributed by atoms with Crippen LogP contribution in [0.5, 0.6) is 0 Å². The number of esters is 1. The van der Waals surface area contributed by atoms with Crippen molar-refractivity contribution in [2.45, 2.75) is 10.8 Å². The molecule has 2 aromatic heterocycles. The Morgan fingerprint density at radius 3 is 2.59 bits per heavy atom. The third kappa shape index (κ3) is 3.72. The van der Waals surface area contributed by atoms with Crippen molar-refractivity contribution in [2.24, 2.45) is 0 Å². The number of thioether (sulfide) groups is 1. The third-order valence-electron chi connectivity index (χ3n) is 4.17. The van der Waals surface area contributed by atoms with Crippen molar-refractivity contribution in [1.82, 2.24) is 9.97 Å². The van der Waals surface area contributed by atoms with Gasteiger partial charge in [-0.15, -0.1) is 23.1 Å². The summed E-state index contributed by atoms with van der Waals surface area (Å²) in [6.07, 6.45) is 1.62. The topological polar surface area (TPSA) is 52.1 Å². The smallest absolute Gasteiger partial charge is 0.337 e. The van der Waals surface area contributed by atoms with Crippen molar-refractivity contribution in [3.8, 4) is 11.1 Å². The molecule has 0 amide bonds. The Kier molecular flexibility index (Phi) is 5.18. The number of ether oxygens (including phenoxy) is 1. The number of aromatic nitrogens is 2. The minimum absolute atomic E-state index is 0.322. The lowest BCUT2D eigenvalue weighted by molar-refractivity contribution is 0.0600. The number of hydrogen-bond donors (Lipinski definition) is 0. The fourth-order valence-corrected chi connectivity index (χ4v) is 4.74. The molecule has 0 fully saturated rings. The number of fused-ring (bicyclic) bond motifs is 1. The lowest BCUT2D eigenvalue weighted by Gasteiger charge is -2.06. The summed E-state index contributed by atoms with van der Waals surface area (Å²) < 4.78 is 4.74. The van der Waals surface area contributed by atoms with Crippen molar-refractivity contribution >= 4 is 39.3 Å². The number of rotatable bonds is 5. The first-order valence-electron chi connectivity index (χ1n) is 8.34. The van der Waals surface area contributed by atoms with Gasteiger partial charge in [-0.2, -0.15) is 0 Å². The van der Waals surface area contributed by atoms with Crippen LogP contribution in [0.4, 0.5) is 0 Å². The zero-order valence-corrected chi connectivity index (χ0v) is 16.2. The summed E-state index contributed by atoms with van der Waals surface area (Å²) in [7, 11) is 1.39. The van der Waals surface area contributed by atoms with Crippen LogP contribution in [0, 0.1) is 0 Å². The summed E-state index contributed by atoms with van der Waals surface area (Å²) in [6, 6.07) is 17.8. The average molecular weight is 393 g/mol. The lowest BCUT2D eigenvalue weighted by atomic mass is 10.1. The summed E-state index contributed by atoms with van der Waals surface area (Å²) in [5.41, 5.74) is 4.01. The van der Waals surface area contributed by atoms with Gasteiger partial charge in [0.2, 0.25) is 0 Å². The van der Waals surface area contributed by atoms with Crippen LogP contribution in [0.3, 0.4) is 0 Å². The first kappa shape index (κ1) is 17.7. The number of thiophene rings is 1. The Labute approximate surface area is 165 Å². The molecular weight excluding hydrogens is 376 g/mol. The zero-order valence-electron chi connectivity index (χ0n) is 14.6. The quantitative estimate of drug-likeness (QED) is 0.257. The Bertz CT molecular complexity index is 1080. The zero-order chi connectivity index (χ0) is 18.6. The molecule has 4 aromatic rings. The molecule has 4 nitrogen and oxygen atoms in total. The molecule has 0 aliphatic heterocycles. The van der Waals surface area contributed by atoms with E-state index >= 15 is 0 Å². The van der Waals surface area contributed by atoms with Gasteiger partial charge < -0.3 is 4.74 Å². The highest BCUT2D eigenvalue weighted by Crippen LogP contribution is 2.38. The number of carbonyl (C=O) groups is 1. The molecule has 0 spiro atoms. The molecule has 0 aliphatic rings. The maximum atomic E-state index is 11.5. The van der Waals surface area contributed by atoms with E-state index in [1.807, 2.05) is 30.3 Å². The predicted molar refractivity (Wildman–Crippen MR) is 110 cm³/mol. The predicted octanol–water partition coefficient (Wildman–Crippen LogP) is 5.44. The molecule has 0 N–H and O–H groups in total. The molecule has 0 saturated heterocycles. The molecule has 2 aromatic carbocycles. The van der Waals surface area contributed by atoms with E-state index in [9.17, 15) is 4.79 Å². The number of benzene rings is 2. The van der Waals surface area contributed by atoms with E-state index in [0.717, 1.165) is 26.6 Å². The molecule has 0 bridgehead atoms. The van der Waals surface area contributed by atoms with Crippen LogP contribution >= 0.6 is 23.1 Å². The van der Waals surface area contributed by atoms with Gasteiger partial charge >= 0.3 is 5.97 Å². The second kappa shape index (κ2) is 7.90. The number of nitrogens with zero attached hydrogens (tertiary/aromatic N) is 2. The van der Waals surface area contributed by atoms with Gasteiger partial charge in [-0.1, -0.05) is 42.5 Å². The fraction of sp³-hybridized carbons (Fsp3) is 0.0952. The van der Waals surface area contributed by atoms with Crippen molar-refractivity contribution in [3.63, 3.8) is 0 Å². The van der Waals surface area contributed by atoms with E-state index in [-0.39, 0.29) is 5.97 Å². The van der Waals surface area contributed by atoms with Crippen LogP contribution in [0.15, 0.2) is 71.3 Å². The van der Waals surface area contributed by atoms with E-state index in [0.29, 0.717) is 5.56 Å². The largest absolute Gasteiger partial charge is 0.465 e. The van der Waals surface area contributed by atoms with Crippen molar-refractivity contribution < 1.29 is 9.53 Å². The van der Waals surface area contributed by atoms with Gasteiger partial charge in [-0.25, -0.2) is 14.8 Å². The molecule has 0 unspecified atom stereocenters. The Morgan fingerprint density at radius 1 is 1.07 bits per heavy atom. The van der Waals surface area contributed by atoms with Gasteiger partial charge in [0.05, 0.1) is 18.1 Å². The van der Waals surface area contributed by atoms with Crippen LogP contribution in [-0.4, -0.2) is 23.0 Å². The van der Waals surface area contributed by atoms with E-state index in [1.165, 1.54) is 18.2 Å². The minimum Gasteiger partial charge on any atom is -0.465 e. The number of hydrogen-bond acceptors (Lipinski definition) is 6. The second-order valence-electron chi connectivity index (χ2n) is 5.85. The highest BCUT2D eigenvalue weighted by atomic mass is 32.2. The molecule has 27 heavy (non-hydrogen) atoms. The lowest BCUT2D eigenvalue weighted by Crippen LogP contribution is -2.00. The van der Waals surface area contributed by atoms with Crippen LogP contribution in [-0.2, 0) is 10.5 Å². The van der Waals surface area contributed by atoms with E-state index < -0.39 is 0 Å². The van der Waals surface area contributed by atoms with Crippen LogP contribution in [0.2, 0.25) is 0 Å². The van der Waals surface area contributed by atoms with E-state index in [2.05, 4.69) is 27.5 Å². The Hall–Kier alpha value is -2.70. The van der Waals surface area contributed by atoms with Gasteiger partial charge in [0.15, 0.2) is 0 Å². The first-order chi connectivity index (χ1) is 13.3. The minimum atomic E-state index is -0.322. The van der Waals surface area contributed by atoms with Crippen LogP contribution < -0.4 is 0 Å². The number of carbonyl (C=O) groups excluding carboxylic acids is 1. The highest BCUT2D eigenvalue weighted by molar-refractivity contribution is 7.98. The van der Waals surface area contributed by atoms with Gasteiger partial charge in [-0.05, 0) is 23.3 Å². The molecule has 0 aliphatic carbocycles. The van der Waals surface area contributed by atoms with Gasteiger partial charge in [0.25, 0.3) is 0 Å². The second-order valence-corrected chi connectivity index (χ2v) is 7.67. The summed E-state index contributed by atoms with van der Waals surface area (Å²) in [4.78, 5) is 21.5. The molecule has 0 saturated carbocycles. The Morgan fingerprint density at radius 2 is 1.85 bits per heavy atom. The Balaban J connectivity index is 1.61. The van der Waals surface area contributed by atoms with Gasteiger partial charge in [-0.3, -0.25) is 0 Å². The molecule has 0 radical (unpaired) electrons. The molecular formula is C21H16N2O2S2. The van der Waals surface area contributed by atoms with Gasteiger partial charge in [0, 0.05) is 16.7 Å². The van der Waals surface area contributed by atoms with Crippen molar-refractivity contribution in [1.29, 1.82) is 0 Å². The van der Waals surface area contributed by atoms with Crippen LogP contribution in [0.1, 0.15) is 15.9 Å². The van der Waals surface area contributed by atoms with Crippen molar-refractivity contribution in [2.75, 3.05) is 7.11 Å². The maximum absolute atomic E-state index is 11.5. The summed E-state index contributed by atoms with van der Waals surface area (Å²) >= 11 is 3.31. The maximum Gasteiger partial charge on any atom is 0.337 e. The van der Waals surface area contributed by atoms with Crippen molar-refractivity contribution in [3.05, 3.63) is 77.4 Å². The van der Waals surface area contributed by atoms with E-state index in [4.69, 9.17) is 4.74 Å². The summed E-state index contributed by atoms with van der Waals surface area (Å²) in [5.74, 6) is 0.440. The molecule has 2 heterocycles. The standard InChI is InChI=1S/C21H16N2O2S2/c1-25-21(24)16-9-7-14(8-10-16)11-26-19-18-17(15-5-3-2-4-6-15)12-27-20(18)23-13-22-19/h2-10,12-13H,11H2,1H3. The fourth-order valence-electron chi connectivity index (χ4n) is 2.79. The highest BCUT2D eigenvalue weighted by Gasteiger charge is 2.13. The number of methoxy groups -OCH3 is 1. The summed E-state index contributed by atoms with van der Waals surface area (Å²) in [5, 5.41) is 4.21. The average Bonchev–Trinajstić information content (AvgIpc) is 3.17. The SMILES string of the molecule is COC(=O)c1ccc(CSc2ncnc3scc(-c4ccccc4)c23)cc1. The third-order valence-corrected chi connectivity index (χ3v) is 6.12. The molecule has 6 heteroatoms. The van der Waals surface area contributed by atoms with E-state index in [1.54, 1.807) is 41.6 Å². The molecule has 134 valence electrons. The monoisotopic (exact) mass is 392 g/mol. The molecule has 0 atom stereocenters. The van der Waals surface area contributed by atoms with Crippen LogP contribution in [0.25, 0.3) is 21.3 Å². The first-order valence-corrected chi connectivity index (χ1v) is 10.2. The molecule has 4 rings (SSSR count). The van der Waals surface area contributed by atoms with Gasteiger partial charge in [0.1, 0.15) is 16.2 Å². The summed E-state index contributed by atoms with van der Waals surface area (Å²) in [6.45, 7) is 0.